The van der Waals surface area contributed by atoms with Crippen LogP contribution >= 0.6 is 0 Å². The van der Waals surface area contributed by atoms with E-state index in [0.29, 0.717) is 6.54 Å². The number of benzene rings is 1. The summed E-state index contributed by atoms with van der Waals surface area (Å²) in [6.07, 6.45) is -0.399. The summed E-state index contributed by atoms with van der Waals surface area (Å²) in [5.41, 5.74) is 4.74. The van der Waals surface area contributed by atoms with Gasteiger partial charge in [-0.25, -0.2) is 0 Å². The Kier molecular flexibility index (Phi) is 4.30. The molecule has 2 N–H and O–H groups in total. The van der Waals surface area contributed by atoms with Crippen LogP contribution in [0.2, 0.25) is 0 Å². The largest absolute Gasteiger partial charge is 0.387 e. The minimum Gasteiger partial charge on any atom is -0.387 e. The van der Waals surface area contributed by atoms with Gasteiger partial charge in [0.2, 0.25) is 0 Å². The average molecular weight is 207 g/mol. The molecule has 0 heterocycles. The summed E-state index contributed by atoms with van der Waals surface area (Å²) >= 11 is 0. The molecule has 0 aliphatic rings. The van der Waals surface area contributed by atoms with E-state index < -0.39 is 6.10 Å². The van der Waals surface area contributed by atoms with Crippen LogP contribution in [0.4, 0.5) is 0 Å². The lowest BCUT2D eigenvalue weighted by Crippen LogP contribution is -2.21. The number of aryl methyl sites for hydroxylation is 3. The molecule has 2 nitrogen and oxygen atoms in total. The molecule has 1 unspecified atom stereocenters. The molecule has 2 heteroatoms. The molecule has 0 bridgehead atoms. The van der Waals surface area contributed by atoms with Gasteiger partial charge in [0.25, 0.3) is 0 Å². The van der Waals surface area contributed by atoms with Gasteiger partial charge in [-0.1, -0.05) is 19.1 Å². The number of likely N-dealkylation sites (N-methyl/N-ethyl adjacent to an activating group) is 1. The maximum Gasteiger partial charge on any atom is 0.0917 e. The molecule has 15 heavy (non-hydrogen) atoms. The minimum atomic E-state index is -0.399. The lowest BCUT2D eigenvalue weighted by Gasteiger charge is -2.16. The molecule has 1 atom stereocenters. The van der Waals surface area contributed by atoms with Gasteiger partial charge in [0.1, 0.15) is 0 Å². The smallest absolute Gasteiger partial charge is 0.0917 e. The SMILES string of the molecule is CCNCC(O)c1cc(C)c(C)cc1C. The number of nitrogens with one attached hydrogen (secondary N) is 1. The standard InChI is InChI=1S/C13H21NO/c1-5-14-8-13(15)12-7-10(3)9(2)6-11(12)4/h6-7,13-15H,5,8H2,1-4H3. The molecule has 1 aromatic rings. The van der Waals surface area contributed by atoms with E-state index in [2.05, 4.69) is 38.2 Å². The fraction of sp³-hybridized carbons (Fsp3) is 0.538. The zero-order valence-corrected chi connectivity index (χ0v) is 10.1. The molecule has 0 radical (unpaired) electrons. The zero-order valence-electron chi connectivity index (χ0n) is 10.1. The summed E-state index contributed by atoms with van der Waals surface area (Å²) in [5.74, 6) is 0. The van der Waals surface area contributed by atoms with Crippen LogP contribution in [0, 0.1) is 20.8 Å². The Morgan fingerprint density at radius 2 is 1.73 bits per heavy atom. The Morgan fingerprint density at radius 3 is 2.33 bits per heavy atom. The van der Waals surface area contributed by atoms with Crippen molar-refractivity contribution in [2.75, 3.05) is 13.1 Å². The normalized spacial score (nSPS) is 12.9. The molecule has 0 spiro atoms. The molecule has 0 saturated heterocycles. The highest BCUT2D eigenvalue weighted by Crippen LogP contribution is 2.21. The van der Waals surface area contributed by atoms with Gasteiger partial charge in [0.15, 0.2) is 0 Å². The second-order valence-electron chi connectivity index (χ2n) is 4.12. The summed E-state index contributed by atoms with van der Waals surface area (Å²) in [7, 11) is 0. The topological polar surface area (TPSA) is 32.3 Å². The second-order valence-corrected chi connectivity index (χ2v) is 4.12. The van der Waals surface area contributed by atoms with E-state index in [1.165, 1.54) is 16.7 Å². The number of aliphatic hydroxyl groups is 1. The average Bonchev–Trinajstić information content (AvgIpc) is 2.20. The molecule has 84 valence electrons. The molecular weight excluding hydrogens is 186 g/mol. The van der Waals surface area contributed by atoms with Crippen LogP contribution in [0.15, 0.2) is 12.1 Å². The van der Waals surface area contributed by atoms with Crippen LogP contribution < -0.4 is 5.32 Å². The molecule has 1 rings (SSSR count). The van der Waals surface area contributed by atoms with Crippen molar-refractivity contribution in [3.05, 3.63) is 34.4 Å². The molecule has 1 aromatic carbocycles. The van der Waals surface area contributed by atoms with Gasteiger partial charge in [0.05, 0.1) is 6.10 Å². The van der Waals surface area contributed by atoms with Crippen LogP contribution in [0.25, 0.3) is 0 Å². The zero-order chi connectivity index (χ0) is 11.4. The van der Waals surface area contributed by atoms with Crippen molar-refractivity contribution in [1.82, 2.24) is 5.32 Å². The Balaban J connectivity index is 2.88. The Bertz CT molecular complexity index is 334. The Labute approximate surface area is 92.3 Å². The molecule has 0 amide bonds. The predicted molar refractivity (Wildman–Crippen MR) is 64.2 cm³/mol. The first kappa shape index (κ1) is 12.2. The summed E-state index contributed by atoms with van der Waals surface area (Å²) in [5, 5.41) is 13.1. The van der Waals surface area contributed by atoms with E-state index in [-0.39, 0.29) is 0 Å². The minimum absolute atomic E-state index is 0.399. The molecule has 0 saturated carbocycles. The first-order valence-corrected chi connectivity index (χ1v) is 5.52. The summed E-state index contributed by atoms with van der Waals surface area (Å²) in [4.78, 5) is 0. The predicted octanol–water partition coefficient (Wildman–Crippen LogP) is 2.25. The fourth-order valence-electron chi connectivity index (χ4n) is 1.73. The number of hydrogen-bond acceptors (Lipinski definition) is 2. The van der Waals surface area contributed by atoms with Gasteiger partial charge in [-0.05, 0) is 49.6 Å². The maximum absolute atomic E-state index is 9.99. The highest BCUT2D eigenvalue weighted by atomic mass is 16.3. The van der Waals surface area contributed by atoms with Crippen molar-refractivity contribution in [1.29, 1.82) is 0 Å². The molecule has 0 aliphatic carbocycles. The van der Waals surface area contributed by atoms with Crippen molar-refractivity contribution in [2.45, 2.75) is 33.8 Å². The van der Waals surface area contributed by atoms with E-state index in [1.54, 1.807) is 0 Å². The Morgan fingerprint density at radius 1 is 1.13 bits per heavy atom. The van der Waals surface area contributed by atoms with Crippen molar-refractivity contribution >= 4 is 0 Å². The second kappa shape index (κ2) is 5.29. The van der Waals surface area contributed by atoms with Crippen molar-refractivity contribution in [3.8, 4) is 0 Å². The van der Waals surface area contributed by atoms with Crippen molar-refractivity contribution in [2.24, 2.45) is 0 Å². The molecule has 0 aromatic heterocycles. The highest BCUT2D eigenvalue weighted by Gasteiger charge is 2.10. The number of hydrogen-bond donors (Lipinski definition) is 2. The summed E-state index contributed by atoms with van der Waals surface area (Å²) in [6, 6.07) is 4.23. The van der Waals surface area contributed by atoms with Gasteiger partial charge in [-0.2, -0.15) is 0 Å². The van der Waals surface area contributed by atoms with E-state index in [0.717, 1.165) is 12.1 Å². The first-order valence-electron chi connectivity index (χ1n) is 5.52. The van der Waals surface area contributed by atoms with Gasteiger partial charge in [-0.3, -0.25) is 0 Å². The third-order valence-electron chi connectivity index (χ3n) is 2.83. The third-order valence-corrected chi connectivity index (χ3v) is 2.83. The number of rotatable bonds is 4. The van der Waals surface area contributed by atoms with Crippen LogP contribution in [0.1, 0.15) is 35.3 Å². The lowest BCUT2D eigenvalue weighted by atomic mass is 9.97. The van der Waals surface area contributed by atoms with Gasteiger partial charge < -0.3 is 10.4 Å². The van der Waals surface area contributed by atoms with Gasteiger partial charge >= 0.3 is 0 Å². The fourth-order valence-corrected chi connectivity index (χ4v) is 1.73. The summed E-state index contributed by atoms with van der Waals surface area (Å²) in [6.45, 7) is 9.79. The van der Waals surface area contributed by atoms with E-state index >= 15 is 0 Å². The third kappa shape index (κ3) is 3.05. The quantitative estimate of drug-likeness (QED) is 0.793. The monoisotopic (exact) mass is 207 g/mol. The van der Waals surface area contributed by atoms with Gasteiger partial charge in [-0.15, -0.1) is 0 Å². The van der Waals surface area contributed by atoms with Crippen LogP contribution in [0.3, 0.4) is 0 Å². The van der Waals surface area contributed by atoms with E-state index in [4.69, 9.17) is 0 Å². The summed E-state index contributed by atoms with van der Waals surface area (Å²) < 4.78 is 0. The van der Waals surface area contributed by atoms with Crippen LogP contribution in [-0.4, -0.2) is 18.2 Å². The van der Waals surface area contributed by atoms with Crippen LogP contribution in [-0.2, 0) is 0 Å². The van der Waals surface area contributed by atoms with Crippen LogP contribution in [0.5, 0.6) is 0 Å². The number of aliphatic hydroxyl groups excluding tert-OH is 1. The molecule has 0 fully saturated rings. The Hall–Kier alpha value is -0.860. The van der Waals surface area contributed by atoms with Crippen molar-refractivity contribution < 1.29 is 5.11 Å². The van der Waals surface area contributed by atoms with E-state index in [1.807, 2.05) is 6.92 Å². The van der Waals surface area contributed by atoms with Crippen molar-refractivity contribution in [3.63, 3.8) is 0 Å². The molecule has 0 aliphatic heterocycles. The highest BCUT2D eigenvalue weighted by molar-refractivity contribution is 5.37. The molecular formula is C13H21NO. The van der Waals surface area contributed by atoms with E-state index in [9.17, 15) is 5.11 Å². The lowest BCUT2D eigenvalue weighted by molar-refractivity contribution is 0.175. The van der Waals surface area contributed by atoms with Gasteiger partial charge in [0, 0.05) is 6.54 Å². The first-order chi connectivity index (χ1) is 7.06. The maximum atomic E-state index is 9.99.